The first-order chi connectivity index (χ1) is 21.7. The van der Waals surface area contributed by atoms with Gasteiger partial charge in [0, 0.05) is 34.9 Å². The molecular formula is C36H45O9P. The lowest BCUT2D eigenvalue weighted by Crippen LogP contribution is -2.20. The van der Waals surface area contributed by atoms with E-state index in [0.717, 1.165) is 16.7 Å². The van der Waals surface area contributed by atoms with Gasteiger partial charge in [-0.3, -0.25) is 0 Å². The fourth-order valence-corrected chi connectivity index (χ4v) is 6.54. The van der Waals surface area contributed by atoms with Crippen LogP contribution in [0.4, 0.5) is 0 Å². The molecule has 9 nitrogen and oxygen atoms in total. The van der Waals surface area contributed by atoms with Crippen molar-refractivity contribution in [2.24, 2.45) is 0 Å². The Morgan fingerprint density at radius 3 is 0.826 bits per heavy atom. The zero-order valence-electron chi connectivity index (χ0n) is 28.3. The molecule has 0 atom stereocenters. The molecule has 3 aromatic rings. The lowest BCUT2D eigenvalue weighted by molar-refractivity contribution is 0.170. The van der Waals surface area contributed by atoms with Crippen molar-refractivity contribution in [3.05, 3.63) is 53.1 Å². The van der Waals surface area contributed by atoms with Crippen molar-refractivity contribution in [1.82, 2.24) is 0 Å². The maximum Gasteiger partial charge on any atom is 0.530 e. The predicted molar refractivity (Wildman–Crippen MR) is 177 cm³/mol. The van der Waals surface area contributed by atoms with E-state index in [1.165, 1.54) is 0 Å². The molecule has 0 aromatic heterocycles. The van der Waals surface area contributed by atoms with Crippen molar-refractivity contribution >= 4 is 8.60 Å². The molecule has 3 aromatic carbocycles. The largest absolute Gasteiger partial charge is 0.530 e. The van der Waals surface area contributed by atoms with E-state index in [9.17, 15) is 0 Å². The molecule has 0 aliphatic carbocycles. The fraction of sp³-hybridized carbons (Fsp3) is 0.500. The van der Waals surface area contributed by atoms with Crippen LogP contribution in [0.25, 0.3) is 0 Å². The van der Waals surface area contributed by atoms with Gasteiger partial charge in [-0.2, -0.15) is 0 Å². The first-order valence-corrected chi connectivity index (χ1v) is 16.9. The third-order valence-corrected chi connectivity index (χ3v) is 8.91. The molecule has 0 spiro atoms. The van der Waals surface area contributed by atoms with Crippen LogP contribution in [-0.4, -0.2) is 39.6 Å². The van der Waals surface area contributed by atoms with Crippen LogP contribution in [0.2, 0.25) is 0 Å². The van der Waals surface area contributed by atoms with Crippen LogP contribution in [0.5, 0.6) is 51.7 Å². The third kappa shape index (κ3) is 6.85. The van der Waals surface area contributed by atoms with Crippen molar-refractivity contribution in [2.75, 3.05) is 39.6 Å². The van der Waals surface area contributed by atoms with E-state index in [2.05, 4.69) is 62.3 Å². The molecule has 0 saturated carbocycles. The second-order valence-corrected chi connectivity index (χ2v) is 15.7. The zero-order chi connectivity index (χ0) is 32.9. The molecular weight excluding hydrogens is 607 g/mol. The number of ether oxygens (including phenoxy) is 6. The Labute approximate surface area is 273 Å². The molecule has 0 bridgehead atoms. The molecule has 10 heteroatoms. The number of benzene rings is 3. The minimum Gasteiger partial charge on any atom is -0.486 e. The van der Waals surface area contributed by atoms with Gasteiger partial charge in [0.1, 0.15) is 56.9 Å². The quantitative estimate of drug-likeness (QED) is 0.243. The second-order valence-electron chi connectivity index (χ2n) is 14.7. The minimum absolute atomic E-state index is 0.284. The highest BCUT2D eigenvalue weighted by Gasteiger charge is 2.34. The lowest BCUT2D eigenvalue weighted by Gasteiger charge is -2.31. The Morgan fingerprint density at radius 1 is 0.391 bits per heavy atom. The summed E-state index contributed by atoms with van der Waals surface area (Å²) in [5, 5.41) is 0. The van der Waals surface area contributed by atoms with Crippen LogP contribution in [0.3, 0.4) is 0 Å². The standard InChI is InChI=1S/C36H45O9P/c1-34(2,3)22-16-28-31(40-13-10-37-28)19-25(22)43-46(44-26-20-32-29(38-11-14-41-32)17-23(26)35(4,5)6)45-27-21-33-30(39-12-15-42-33)18-24(27)36(7,8)9/h16-21H,10-15H2,1-9H3. The van der Waals surface area contributed by atoms with Gasteiger partial charge in [-0.1, -0.05) is 62.3 Å². The summed E-state index contributed by atoms with van der Waals surface area (Å²) in [6, 6.07) is 11.6. The first-order valence-electron chi connectivity index (χ1n) is 15.8. The smallest absolute Gasteiger partial charge is 0.486 e. The number of rotatable bonds is 6. The van der Waals surface area contributed by atoms with Crippen LogP contribution in [0.1, 0.15) is 79.0 Å². The van der Waals surface area contributed by atoms with Gasteiger partial charge < -0.3 is 42.0 Å². The normalized spacial score (nSPS) is 15.8. The molecule has 0 amide bonds. The molecule has 0 fully saturated rings. The van der Waals surface area contributed by atoms with E-state index in [1.807, 2.05) is 36.4 Å². The van der Waals surface area contributed by atoms with Crippen molar-refractivity contribution in [3.8, 4) is 51.7 Å². The first kappa shape index (κ1) is 32.2. The molecule has 6 rings (SSSR count). The van der Waals surface area contributed by atoms with Crippen LogP contribution in [-0.2, 0) is 16.2 Å². The van der Waals surface area contributed by atoms with Crippen LogP contribution >= 0.6 is 8.60 Å². The van der Waals surface area contributed by atoms with Gasteiger partial charge in [-0.05, 0) is 34.4 Å². The summed E-state index contributed by atoms with van der Waals surface area (Å²) in [6.07, 6.45) is 0. The molecule has 3 aliphatic rings. The minimum atomic E-state index is -2.11. The van der Waals surface area contributed by atoms with E-state index >= 15 is 0 Å². The van der Waals surface area contributed by atoms with Gasteiger partial charge in [-0.25, -0.2) is 0 Å². The SMILES string of the molecule is CC(C)(C)c1cc2c(cc1OP(Oc1cc3c(cc1C(C)(C)C)OCCO3)Oc1cc3c(cc1C(C)(C)C)OCCO3)OCCO2. The number of hydrogen-bond donors (Lipinski definition) is 0. The van der Waals surface area contributed by atoms with E-state index in [0.29, 0.717) is 91.4 Å². The highest BCUT2D eigenvalue weighted by Crippen LogP contribution is 2.53. The summed E-state index contributed by atoms with van der Waals surface area (Å²) in [5.74, 6) is 5.71. The molecule has 0 saturated heterocycles. The molecule has 0 unspecified atom stereocenters. The van der Waals surface area contributed by atoms with Crippen LogP contribution in [0, 0.1) is 0 Å². The fourth-order valence-electron chi connectivity index (χ4n) is 5.49. The van der Waals surface area contributed by atoms with E-state index < -0.39 is 8.60 Å². The molecule has 248 valence electrons. The van der Waals surface area contributed by atoms with Gasteiger partial charge in [0.05, 0.1) is 0 Å². The zero-order valence-corrected chi connectivity index (χ0v) is 29.2. The Balaban J connectivity index is 1.47. The Morgan fingerprint density at radius 2 is 0.609 bits per heavy atom. The summed E-state index contributed by atoms with van der Waals surface area (Å²) in [7, 11) is -2.11. The van der Waals surface area contributed by atoms with Gasteiger partial charge >= 0.3 is 8.60 Å². The van der Waals surface area contributed by atoms with Crippen LogP contribution < -0.4 is 42.0 Å². The van der Waals surface area contributed by atoms with E-state index in [1.54, 1.807) is 0 Å². The molecule has 0 N–H and O–H groups in total. The summed E-state index contributed by atoms with van der Waals surface area (Å²) in [4.78, 5) is 0. The highest BCUT2D eigenvalue weighted by molar-refractivity contribution is 7.43. The summed E-state index contributed by atoms with van der Waals surface area (Å²) >= 11 is 0. The average molecular weight is 653 g/mol. The number of fused-ring (bicyclic) bond motifs is 3. The Hall–Kier alpha value is -3.71. The van der Waals surface area contributed by atoms with Gasteiger partial charge in [0.2, 0.25) is 0 Å². The molecule has 3 aliphatic heterocycles. The van der Waals surface area contributed by atoms with Crippen molar-refractivity contribution < 1.29 is 42.0 Å². The van der Waals surface area contributed by atoms with Crippen molar-refractivity contribution in [1.29, 1.82) is 0 Å². The summed E-state index contributed by atoms with van der Waals surface area (Å²) in [5.41, 5.74) is 1.96. The topological polar surface area (TPSA) is 83.1 Å². The van der Waals surface area contributed by atoms with E-state index in [4.69, 9.17) is 42.0 Å². The molecule has 46 heavy (non-hydrogen) atoms. The summed E-state index contributed by atoms with van der Waals surface area (Å²) < 4.78 is 56.1. The molecule has 0 radical (unpaired) electrons. The lowest BCUT2D eigenvalue weighted by atomic mass is 9.86. The monoisotopic (exact) mass is 652 g/mol. The number of hydrogen-bond acceptors (Lipinski definition) is 9. The maximum absolute atomic E-state index is 6.81. The van der Waals surface area contributed by atoms with Gasteiger partial charge in [-0.15, -0.1) is 0 Å². The Bertz CT molecular complexity index is 1410. The van der Waals surface area contributed by atoms with Crippen molar-refractivity contribution in [3.63, 3.8) is 0 Å². The molecule has 3 heterocycles. The van der Waals surface area contributed by atoms with E-state index in [-0.39, 0.29) is 16.2 Å². The third-order valence-electron chi connectivity index (χ3n) is 7.88. The second kappa shape index (κ2) is 12.1. The van der Waals surface area contributed by atoms with Gasteiger partial charge in [0.15, 0.2) is 34.5 Å². The average Bonchev–Trinajstić information content (AvgIpc) is 2.98. The summed E-state index contributed by atoms with van der Waals surface area (Å²) in [6.45, 7) is 22.0. The van der Waals surface area contributed by atoms with Crippen LogP contribution in [0.15, 0.2) is 36.4 Å². The van der Waals surface area contributed by atoms with Gasteiger partial charge in [0.25, 0.3) is 0 Å². The highest BCUT2D eigenvalue weighted by atomic mass is 31.2. The van der Waals surface area contributed by atoms with Crippen molar-refractivity contribution in [2.45, 2.75) is 78.6 Å². The predicted octanol–water partition coefficient (Wildman–Crippen LogP) is 8.66. The maximum atomic E-state index is 6.81. The Kier molecular flexibility index (Phi) is 8.51.